The van der Waals surface area contributed by atoms with Gasteiger partial charge in [0, 0.05) is 5.02 Å². The summed E-state index contributed by atoms with van der Waals surface area (Å²) in [4.78, 5) is 8.43. The zero-order valence-electron chi connectivity index (χ0n) is 9.18. The first-order valence-corrected chi connectivity index (χ1v) is 6.15. The second kappa shape index (κ2) is 4.59. The number of nitrogens with zero attached hydrogens (tertiary/aromatic N) is 4. The molecule has 0 aliphatic carbocycles. The zero-order chi connectivity index (χ0) is 12.5. The van der Waals surface area contributed by atoms with E-state index in [-0.39, 0.29) is 0 Å². The molecule has 0 unspecified atom stereocenters. The van der Waals surface area contributed by atoms with E-state index in [9.17, 15) is 0 Å². The Morgan fingerprint density at radius 2 is 2.22 bits per heavy atom. The lowest BCUT2D eigenvalue weighted by atomic mass is 10.3. The summed E-state index contributed by atoms with van der Waals surface area (Å²) in [7, 11) is 0. The molecule has 3 rings (SSSR count). The highest BCUT2D eigenvalue weighted by Gasteiger charge is 2.12. The van der Waals surface area contributed by atoms with E-state index in [2.05, 4.69) is 15.1 Å². The fraction of sp³-hybridized carbons (Fsp3) is 0.182. The van der Waals surface area contributed by atoms with Gasteiger partial charge >= 0.3 is 0 Å². The molecule has 0 saturated carbocycles. The van der Waals surface area contributed by atoms with Gasteiger partial charge in [0.1, 0.15) is 5.82 Å². The summed E-state index contributed by atoms with van der Waals surface area (Å²) >= 11 is 11.9. The molecule has 0 saturated heterocycles. The number of hydrogen-bond donors (Lipinski definition) is 0. The van der Waals surface area contributed by atoms with Crippen molar-refractivity contribution in [2.24, 2.45) is 0 Å². The number of rotatable bonds is 3. The largest absolute Gasteiger partial charge is 0.343 e. The van der Waals surface area contributed by atoms with E-state index in [4.69, 9.17) is 27.7 Å². The van der Waals surface area contributed by atoms with Crippen molar-refractivity contribution in [2.45, 2.75) is 12.4 Å². The summed E-state index contributed by atoms with van der Waals surface area (Å²) in [5, 5.41) is 4.44. The molecule has 0 fully saturated rings. The molecule has 2 aromatic heterocycles. The Labute approximate surface area is 112 Å². The van der Waals surface area contributed by atoms with Crippen LogP contribution in [0.2, 0.25) is 5.02 Å². The van der Waals surface area contributed by atoms with Gasteiger partial charge in [-0.25, -0.2) is 4.98 Å². The Balaban J connectivity index is 2.15. The summed E-state index contributed by atoms with van der Waals surface area (Å²) in [5.74, 6) is 1.63. The highest BCUT2D eigenvalue weighted by Crippen LogP contribution is 2.22. The molecule has 1 aromatic carbocycles. The lowest BCUT2D eigenvalue weighted by molar-refractivity contribution is 0.408. The summed E-state index contributed by atoms with van der Waals surface area (Å²) in [6.07, 6.45) is 1.29. The van der Waals surface area contributed by atoms with Crippen molar-refractivity contribution in [1.82, 2.24) is 19.7 Å². The van der Waals surface area contributed by atoms with Gasteiger partial charge in [0.05, 0.1) is 23.5 Å². The van der Waals surface area contributed by atoms with Crippen LogP contribution in [0.25, 0.3) is 11.0 Å². The van der Waals surface area contributed by atoms with Crippen molar-refractivity contribution in [2.75, 3.05) is 0 Å². The van der Waals surface area contributed by atoms with Crippen LogP contribution < -0.4 is 0 Å². The Kier molecular flexibility index (Phi) is 2.93. The molecule has 3 aromatic rings. The SMILES string of the molecule is ClCc1nc2ccc(Cl)cc2n1Cc1ncon1. The minimum Gasteiger partial charge on any atom is -0.343 e. The van der Waals surface area contributed by atoms with Crippen LogP contribution in [0, 0.1) is 0 Å². The Morgan fingerprint density at radius 1 is 1.33 bits per heavy atom. The second-order valence-corrected chi connectivity index (χ2v) is 4.43. The van der Waals surface area contributed by atoms with Crippen molar-refractivity contribution >= 4 is 34.2 Å². The first-order chi connectivity index (χ1) is 8.78. The van der Waals surface area contributed by atoms with E-state index < -0.39 is 0 Å². The molecule has 0 N–H and O–H groups in total. The van der Waals surface area contributed by atoms with E-state index in [1.165, 1.54) is 6.39 Å². The highest BCUT2D eigenvalue weighted by atomic mass is 35.5. The third-order valence-electron chi connectivity index (χ3n) is 2.62. The van der Waals surface area contributed by atoms with E-state index in [1.807, 2.05) is 16.7 Å². The van der Waals surface area contributed by atoms with Gasteiger partial charge < -0.3 is 9.09 Å². The average molecular weight is 283 g/mol. The number of fused-ring (bicyclic) bond motifs is 1. The topological polar surface area (TPSA) is 56.7 Å². The number of aromatic nitrogens is 4. The van der Waals surface area contributed by atoms with Gasteiger partial charge in [-0.15, -0.1) is 11.6 Å². The van der Waals surface area contributed by atoms with E-state index in [1.54, 1.807) is 6.07 Å². The maximum Gasteiger partial charge on any atom is 0.213 e. The average Bonchev–Trinajstić information content (AvgIpc) is 2.98. The van der Waals surface area contributed by atoms with Gasteiger partial charge in [0.25, 0.3) is 0 Å². The minimum absolute atomic E-state index is 0.310. The molecule has 0 radical (unpaired) electrons. The van der Waals surface area contributed by atoms with Gasteiger partial charge in [-0.05, 0) is 18.2 Å². The van der Waals surface area contributed by atoms with Crippen molar-refractivity contribution < 1.29 is 4.52 Å². The molecule has 92 valence electrons. The maximum absolute atomic E-state index is 6.00. The maximum atomic E-state index is 6.00. The van der Waals surface area contributed by atoms with E-state index in [0.717, 1.165) is 16.9 Å². The molecule has 2 heterocycles. The zero-order valence-corrected chi connectivity index (χ0v) is 10.7. The molecular formula is C11H8Cl2N4O. The molecule has 0 atom stereocenters. The summed E-state index contributed by atoms with van der Waals surface area (Å²) in [6, 6.07) is 5.51. The van der Waals surface area contributed by atoms with Crippen LogP contribution in [0.5, 0.6) is 0 Å². The number of hydrogen-bond acceptors (Lipinski definition) is 4. The van der Waals surface area contributed by atoms with Crippen molar-refractivity contribution in [1.29, 1.82) is 0 Å². The first-order valence-electron chi connectivity index (χ1n) is 5.24. The van der Waals surface area contributed by atoms with Crippen LogP contribution in [0.4, 0.5) is 0 Å². The van der Waals surface area contributed by atoms with Crippen LogP contribution in [0.15, 0.2) is 29.1 Å². The second-order valence-electron chi connectivity index (χ2n) is 3.73. The monoisotopic (exact) mass is 282 g/mol. The van der Waals surface area contributed by atoms with Gasteiger partial charge in [-0.1, -0.05) is 16.8 Å². The molecular weight excluding hydrogens is 275 g/mol. The third kappa shape index (κ3) is 1.95. The van der Waals surface area contributed by atoms with E-state index in [0.29, 0.717) is 23.3 Å². The van der Waals surface area contributed by atoms with Crippen LogP contribution in [-0.4, -0.2) is 19.7 Å². The Bertz CT molecular complexity index is 678. The number of alkyl halides is 1. The number of benzene rings is 1. The molecule has 0 spiro atoms. The summed E-state index contributed by atoms with van der Waals surface area (Å²) < 4.78 is 6.65. The smallest absolute Gasteiger partial charge is 0.213 e. The predicted octanol–water partition coefficient (Wildman–Crippen LogP) is 2.86. The molecule has 18 heavy (non-hydrogen) atoms. The molecule has 0 aliphatic heterocycles. The minimum atomic E-state index is 0.310. The van der Waals surface area contributed by atoms with Crippen molar-refractivity contribution in [3.8, 4) is 0 Å². The van der Waals surface area contributed by atoms with Gasteiger partial charge in [-0.3, -0.25) is 0 Å². The predicted molar refractivity (Wildman–Crippen MR) is 67.7 cm³/mol. The van der Waals surface area contributed by atoms with Gasteiger partial charge in [-0.2, -0.15) is 4.98 Å². The molecule has 5 nitrogen and oxygen atoms in total. The number of imidazole rings is 1. The summed E-state index contributed by atoms with van der Waals surface area (Å²) in [5.41, 5.74) is 1.75. The van der Waals surface area contributed by atoms with Gasteiger partial charge in [0.2, 0.25) is 6.39 Å². The first kappa shape index (κ1) is 11.5. The molecule has 0 bridgehead atoms. The van der Waals surface area contributed by atoms with Crippen LogP contribution in [-0.2, 0) is 12.4 Å². The molecule has 7 heteroatoms. The van der Waals surface area contributed by atoms with Crippen LogP contribution in [0.3, 0.4) is 0 Å². The normalized spacial score (nSPS) is 11.2. The highest BCUT2D eigenvalue weighted by molar-refractivity contribution is 6.31. The van der Waals surface area contributed by atoms with E-state index >= 15 is 0 Å². The lowest BCUT2D eigenvalue weighted by Crippen LogP contribution is -2.05. The number of halogens is 2. The quantitative estimate of drug-likeness (QED) is 0.693. The molecule has 0 aliphatic rings. The van der Waals surface area contributed by atoms with Crippen molar-refractivity contribution in [3.63, 3.8) is 0 Å². The fourth-order valence-corrected chi connectivity index (χ4v) is 2.20. The van der Waals surface area contributed by atoms with Crippen LogP contribution >= 0.6 is 23.2 Å². The Hall–Kier alpha value is -1.59. The van der Waals surface area contributed by atoms with Crippen molar-refractivity contribution in [3.05, 3.63) is 41.3 Å². The third-order valence-corrected chi connectivity index (χ3v) is 3.09. The lowest BCUT2D eigenvalue weighted by Gasteiger charge is -2.04. The fourth-order valence-electron chi connectivity index (χ4n) is 1.83. The van der Waals surface area contributed by atoms with Gasteiger partial charge in [0.15, 0.2) is 5.82 Å². The Morgan fingerprint density at radius 3 is 2.94 bits per heavy atom. The van der Waals surface area contributed by atoms with Crippen LogP contribution in [0.1, 0.15) is 11.6 Å². The standard InChI is InChI=1S/C11H8Cl2N4O/c12-4-11-15-8-2-1-7(13)3-9(8)17(11)5-10-14-6-18-16-10/h1-3,6H,4-5H2. The summed E-state index contributed by atoms with van der Waals surface area (Å²) in [6.45, 7) is 0.454. The molecule has 0 amide bonds.